The van der Waals surface area contributed by atoms with E-state index in [9.17, 15) is 4.79 Å². The van der Waals surface area contributed by atoms with E-state index in [2.05, 4.69) is 4.98 Å². The van der Waals surface area contributed by atoms with Crippen LogP contribution in [0.1, 0.15) is 11.5 Å². The van der Waals surface area contributed by atoms with Gasteiger partial charge in [-0.25, -0.2) is 4.79 Å². The SMILES string of the molecule is COc1cc(/C=C/C=C/C=C/C=C/c2[nH]ccc2Cl)oc(=O)c1. The Bertz CT molecular complexity index is 810. The highest BCUT2D eigenvalue weighted by Crippen LogP contribution is 2.14. The van der Waals surface area contributed by atoms with Crippen LogP contribution in [0.15, 0.2) is 70.1 Å². The average Bonchev–Trinajstić information content (AvgIpc) is 2.94. The van der Waals surface area contributed by atoms with E-state index in [-0.39, 0.29) is 0 Å². The first kappa shape index (κ1) is 16.6. The maximum atomic E-state index is 11.3. The molecule has 1 N–H and O–H groups in total. The number of nitrogens with one attached hydrogen (secondary N) is 1. The van der Waals surface area contributed by atoms with Crippen molar-refractivity contribution in [2.45, 2.75) is 0 Å². The molecule has 0 saturated heterocycles. The van der Waals surface area contributed by atoms with Crippen molar-refractivity contribution in [2.75, 3.05) is 7.11 Å². The Morgan fingerprint density at radius 3 is 2.43 bits per heavy atom. The number of aromatic nitrogens is 1. The van der Waals surface area contributed by atoms with Crippen LogP contribution in [0.2, 0.25) is 5.02 Å². The van der Waals surface area contributed by atoms with E-state index in [0.29, 0.717) is 16.5 Å². The lowest BCUT2D eigenvalue weighted by molar-refractivity contribution is 0.400. The van der Waals surface area contributed by atoms with Gasteiger partial charge in [0.25, 0.3) is 0 Å². The van der Waals surface area contributed by atoms with E-state index in [1.54, 1.807) is 30.5 Å². The lowest BCUT2D eigenvalue weighted by atomic mass is 10.3. The van der Waals surface area contributed by atoms with Crippen molar-refractivity contribution >= 4 is 23.8 Å². The van der Waals surface area contributed by atoms with Gasteiger partial charge in [-0.05, 0) is 18.2 Å². The van der Waals surface area contributed by atoms with Crippen LogP contribution < -0.4 is 10.4 Å². The Kier molecular flexibility index (Phi) is 6.27. The Labute approximate surface area is 139 Å². The summed E-state index contributed by atoms with van der Waals surface area (Å²) in [5.74, 6) is 0.905. The van der Waals surface area contributed by atoms with Crippen molar-refractivity contribution in [2.24, 2.45) is 0 Å². The molecule has 2 aromatic rings. The van der Waals surface area contributed by atoms with Gasteiger partial charge in [-0.15, -0.1) is 0 Å². The van der Waals surface area contributed by atoms with Crippen molar-refractivity contribution in [3.8, 4) is 5.75 Å². The molecule has 0 fully saturated rings. The molecule has 0 aromatic carbocycles. The van der Waals surface area contributed by atoms with E-state index in [1.165, 1.54) is 13.2 Å². The second kappa shape index (κ2) is 8.66. The first-order valence-electron chi connectivity index (χ1n) is 6.89. The van der Waals surface area contributed by atoms with Gasteiger partial charge in [0.2, 0.25) is 0 Å². The molecule has 0 atom stereocenters. The molecular weight excluding hydrogens is 314 g/mol. The average molecular weight is 330 g/mol. The number of aromatic amines is 1. The van der Waals surface area contributed by atoms with Gasteiger partial charge in [0.15, 0.2) is 0 Å². The molecule has 0 radical (unpaired) electrons. The van der Waals surface area contributed by atoms with Crippen LogP contribution in [-0.4, -0.2) is 12.1 Å². The van der Waals surface area contributed by atoms with Crippen LogP contribution in [0.5, 0.6) is 5.75 Å². The van der Waals surface area contributed by atoms with E-state index in [1.807, 2.05) is 36.5 Å². The molecule has 2 heterocycles. The molecule has 0 amide bonds. The second-order valence-electron chi connectivity index (χ2n) is 4.45. The lowest BCUT2D eigenvalue weighted by Crippen LogP contribution is -1.98. The molecule has 0 aliphatic carbocycles. The molecule has 5 heteroatoms. The zero-order valence-corrected chi connectivity index (χ0v) is 13.3. The van der Waals surface area contributed by atoms with Crippen LogP contribution in [0.25, 0.3) is 12.2 Å². The number of rotatable bonds is 6. The fourth-order valence-electron chi connectivity index (χ4n) is 1.72. The largest absolute Gasteiger partial charge is 0.496 e. The molecule has 4 nitrogen and oxygen atoms in total. The highest BCUT2D eigenvalue weighted by molar-refractivity contribution is 6.31. The minimum Gasteiger partial charge on any atom is -0.496 e. The second-order valence-corrected chi connectivity index (χ2v) is 4.85. The molecule has 0 bridgehead atoms. The first-order valence-corrected chi connectivity index (χ1v) is 7.27. The maximum absolute atomic E-state index is 11.3. The fraction of sp³-hybridized carbons (Fsp3) is 0.0556. The summed E-state index contributed by atoms with van der Waals surface area (Å²) in [7, 11) is 1.50. The Hall–Kier alpha value is -2.72. The summed E-state index contributed by atoms with van der Waals surface area (Å²) in [6, 6.07) is 4.73. The van der Waals surface area contributed by atoms with Crippen LogP contribution in [-0.2, 0) is 0 Å². The van der Waals surface area contributed by atoms with E-state index < -0.39 is 5.63 Å². The van der Waals surface area contributed by atoms with Gasteiger partial charge < -0.3 is 14.1 Å². The molecule has 0 aliphatic rings. The maximum Gasteiger partial charge on any atom is 0.339 e. The van der Waals surface area contributed by atoms with Gasteiger partial charge in [-0.2, -0.15) is 0 Å². The highest BCUT2D eigenvalue weighted by Gasteiger charge is 1.97. The van der Waals surface area contributed by atoms with Crippen LogP contribution in [0.3, 0.4) is 0 Å². The Balaban J connectivity index is 1.88. The number of H-pyrrole nitrogens is 1. The predicted octanol–water partition coefficient (Wildman–Crippen LogP) is 4.47. The zero-order valence-electron chi connectivity index (χ0n) is 12.5. The van der Waals surface area contributed by atoms with Gasteiger partial charge in [-0.1, -0.05) is 48.1 Å². The fourth-order valence-corrected chi connectivity index (χ4v) is 1.90. The third-order valence-electron chi connectivity index (χ3n) is 2.80. The van der Waals surface area contributed by atoms with Gasteiger partial charge in [-0.3, -0.25) is 0 Å². The van der Waals surface area contributed by atoms with Crippen LogP contribution in [0, 0.1) is 0 Å². The van der Waals surface area contributed by atoms with E-state index >= 15 is 0 Å². The summed E-state index contributed by atoms with van der Waals surface area (Å²) in [5, 5.41) is 0.688. The number of ether oxygens (including phenoxy) is 1. The molecule has 0 spiro atoms. The molecule has 2 rings (SSSR count). The minimum absolute atomic E-state index is 0.435. The quantitative estimate of drug-likeness (QED) is 0.795. The van der Waals surface area contributed by atoms with Gasteiger partial charge in [0.05, 0.1) is 23.9 Å². The third kappa shape index (κ3) is 5.52. The minimum atomic E-state index is -0.444. The van der Waals surface area contributed by atoms with E-state index in [4.69, 9.17) is 20.8 Å². The summed E-state index contributed by atoms with van der Waals surface area (Å²) >= 11 is 5.94. The highest BCUT2D eigenvalue weighted by atomic mass is 35.5. The van der Waals surface area contributed by atoms with Gasteiger partial charge >= 0.3 is 5.63 Å². The molecule has 0 aliphatic heterocycles. The number of halogens is 1. The normalized spacial score (nSPS) is 12.3. The van der Waals surface area contributed by atoms with Crippen molar-refractivity contribution in [1.29, 1.82) is 0 Å². The summed E-state index contributed by atoms with van der Waals surface area (Å²) in [6.07, 6.45) is 16.4. The predicted molar refractivity (Wildman–Crippen MR) is 93.7 cm³/mol. The zero-order chi connectivity index (χ0) is 16.5. The number of hydrogen-bond acceptors (Lipinski definition) is 3. The molecule has 0 saturated carbocycles. The monoisotopic (exact) mass is 329 g/mol. The standard InChI is InChI=1S/C18H16ClNO3/c1-22-15-12-14(23-18(21)13-15)8-6-4-2-3-5-7-9-17-16(19)10-11-20-17/h2-13,20H,1H3/b4-2+,5-3+,8-6+,9-7+. The molecule has 0 unspecified atom stereocenters. The number of hydrogen-bond donors (Lipinski definition) is 1. The topological polar surface area (TPSA) is 55.2 Å². The smallest absolute Gasteiger partial charge is 0.339 e. The molecule has 118 valence electrons. The van der Waals surface area contributed by atoms with E-state index in [0.717, 1.165) is 5.69 Å². The first-order chi connectivity index (χ1) is 11.2. The van der Waals surface area contributed by atoms with Crippen LogP contribution >= 0.6 is 11.6 Å². The van der Waals surface area contributed by atoms with Crippen molar-refractivity contribution in [3.63, 3.8) is 0 Å². The Morgan fingerprint density at radius 2 is 1.78 bits per heavy atom. The summed E-state index contributed by atoms with van der Waals surface area (Å²) < 4.78 is 10.0. The molecule has 23 heavy (non-hydrogen) atoms. The van der Waals surface area contributed by atoms with Gasteiger partial charge in [0.1, 0.15) is 11.5 Å². The summed E-state index contributed by atoms with van der Waals surface area (Å²) in [5.41, 5.74) is 0.425. The molecular formula is C18H16ClNO3. The Morgan fingerprint density at radius 1 is 1.09 bits per heavy atom. The van der Waals surface area contributed by atoms with Crippen LogP contribution in [0.4, 0.5) is 0 Å². The van der Waals surface area contributed by atoms with Crippen molar-refractivity contribution < 1.29 is 9.15 Å². The lowest BCUT2D eigenvalue weighted by Gasteiger charge is -1.97. The molecule has 2 aromatic heterocycles. The van der Waals surface area contributed by atoms with Crippen molar-refractivity contribution in [3.05, 3.63) is 87.7 Å². The summed E-state index contributed by atoms with van der Waals surface area (Å²) in [4.78, 5) is 14.3. The summed E-state index contributed by atoms with van der Waals surface area (Å²) in [6.45, 7) is 0. The number of allylic oxidation sites excluding steroid dienone is 6. The van der Waals surface area contributed by atoms with Gasteiger partial charge in [0, 0.05) is 12.3 Å². The van der Waals surface area contributed by atoms with Crippen molar-refractivity contribution in [1.82, 2.24) is 4.98 Å². The number of methoxy groups -OCH3 is 1. The third-order valence-corrected chi connectivity index (χ3v) is 3.13.